The minimum absolute atomic E-state index is 0.302. The number of hydrogen-bond acceptors (Lipinski definition) is 4. The van der Waals surface area contributed by atoms with Gasteiger partial charge in [-0.05, 0) is 37.6 Å². The van der Waals surface area contributed by atoms with E-state index in [4.69, 9.17) is 5.26 Å². The number of nitrogens with one attached hydrogen (secondary N) is 1. The molecule has 2 aromatic rings. The monoisotopic (exact) mass is 292 g/mol. The van der Waals surface area contributed by atoms with Gasteiger partial charge in [0.1, 0.15) is 17.6 Å². The van der Waals surface area contributed by atoms with Gasteiger partial charge in [0.15, 0.2) is 0 Å². The highest BCUT2D eigenvalue weighted by Gasteiger charge is 2.32. The van der Waals surface area contributed by atoms with Crippen LogP contribution < -0.4 is 5.32 Å². The molecule has 2 heterocycles. The van der Waals surface area contributed by atoms with Crippen molar-refractivity contribution in [3.8, 4) is 6.07 Å². The number of hydrogen-bond donors (Lipinski definition) is 1. The largest absolute Gasteiger partial charge is 0.433 e. The molecule has 7 heteroatoms. The Balaban J connectivity index is 2.33. The lowest BCUT2D eigenvalue weighted by molar-refractivity contribution is -0.141. The van der Waals surface area contributed by atoms with Crippen molar-refractivity contribution in [1.82, 2.24) is 9.97 Å². The van der Waals surface area contributed by atoms with E-state index in [-0.39, 0.29) is 0 Å². The average Bonchev–Trinajstić information content (AvgIpc) is 2.38. The van der Waals surface area contributed by atoms with Crippen LogP contribution in [0, 0.1) is 25.2 Å². The molecule has 0 bridgehead atoms. The van der Waals surface area contributed by atoms with E-state index >= 15 is 0 Å². The highest BCUT2D eigenvalue weighted by atomic mass is 19.4. The Kier molecular flexibility index (Phi) is 3.80. The molecule has 0 saturated carbocycles. The molecule has 0 spiro atoms. The van der Waals surface area contributed by atoms with E-state index < -0.39 is 11.9 Å². The third-order valence-electron chi connectivity index (χ3n) is 2.77. The molecule has 4 nitrogen and oxygen atoms in total. The van der Waals surface area contributed by atoms with Crippen LogP contribution in [0.1, 0.15) is 22.5 Å². The van der Waals surface area contributed by atoms with Crippen LogP contribution in [-0.4, -0.2) is 9.97 Å². The second-order valence-electron chi connectivity index (χ2n) is 4.47. The van der Waals surface area contributed by atoms with Crippen LogP contribution in [0.25, 0.3) is 0 Å². The number of nitriles is 1. The van der Waals surface area contributed by atoms with Gasteiger partial charge in [-0.1, -0.05) is 0 Å². The third kappa shape index (κ3) is 3.28. The standard InChI is InChI=1S/C14H11F3N4/c1-8-5-9(2)20-13(11(8)6-18)21-10-3-4-12(19-7-10)14(15,16)17/h3-5,7H,1-2H3,(H,20,21). The van der Waals surface area contributed by atoms with E-state index in [1.165, 1.54) is 6.07 Å². The van der Waals surface area contributed by atoms with Crippen molar-refractivity contribution >= 4 is 11.5 Å². The lowest BCUT2D eigenvalue weighted by Gasteiger charge is -2.11. The van der Waals surface area contributed by atoms with Crippen molar-refractivity contribution in [2.24, 2.45) is 0 Å². The van der Waals surface area contributed by atoms with E-state index in [9.17, 15) is 13.2 Å². The molecule has 1 N–H and O–H groups in total. The van der Waals surface area contributed by atoms with Gasteiger partial charge in [-0.15, -0.1) is 0 Å². The first kappa shape index (κ1) is 14.8. The highest BCUT2D eigenvalue weighted by molar-refractivity contribution is 5.64. The lowest BCUT2D eigenvalue weighted by Crippen LogP contribution is -2.08. The zero-order valence-corrected chi connectivity index (χ0v) is 11.3. The summed E-state index contributed by atoms with van der Waals surface area (Å²) in [5.74, 6) is 0.302. The van der Waals surface area contributed by atoms with Crippen LogP contribution in [0.3, 0.4) is 0 Å². The fourth-order valence-corrected chi connectivity index (χ4v) is 1.84. The Morgan fingerprint density at radius 3 is 2.48 bits per heavy atom. The molecule has 21 heavy (non-hydrogen) atoms. The Hall–Kier alpha value is -2.62. The van der Waals surface area contributed by atoms with Crippen molar-refractivity contribution in [3.05, 3.63) is 46.9 Å². The number of alkyl halides is 3. The molecule has 0 aliphatic heterocycles. The zero-order chi connectivity index (χ0) is 15.6. The van der Waals surface area contributed by atoms with Gasteiger partial charge in [0.05, 0.1) is 17.4 Å². The van der Waals surface area contributed by atoms with Gasteiger partial charge >= 0.3 is 6.18 Å². The topological polar surface area (TPSA) is 61.6 Å². The number of aromatic nitrogens is 2. The Labute approximate surface area is 119 Å². The van der Waals surface area contributed by atoms with Crippen LogP contribution in [0.5, 0.6) is 0 Å². The van der Waals surface area contributed by atoms with Crippen molar-refractivity contribution in [1.29, 1.82) is 5.26 Å². The molecule has 0 radical (unpaired) electrons. The molecular formula is C14H11F3N4. The van der Waals surface area contributed by atoms with Gasteiger partial charge in [-0.3, -0.25) is 0 Å². The predicted molar refractivity (Wildman–Crippen MR) is 70.9 cm³/mol. The fraction of sp³-hybridized carbons (Fsp3) is 0.214. The number of rotatable bonds is 2. The molecule has 0 saturated heterocycles. The second-order valence-corrected chi connectivity index (χ2v) is 4.47. The predicted octanol–water partition coefficient (Wildman–Crippen LogP) is 3.73. The molecule has 2 rings (SSSR count). The number of halogens is 3. The SMILES string of the molecule is Cc1cc(C)c(C#N)c(Nc2ccc(C(F)(F)F)nc2)n1. The summed E-state index contributed by atoms with van der Waals surface area (Å²) in [6, 6.07) is 5.90. The van der Waals surface area contributed by atoms with Crippen molar-refractivity contribution in [3.63, 3.8) is 0 Å². The second kappa shape index (κ2) is 5.40. The minimum Gasteiger partial charge on any atom is -0.338 e. The third-order valence-corrected chi connectivity index (χ3v) is 2.77. The van der Waals surface area contributed by atoms with Crippen LogP contribution >= 0.6 is 0 Å². The quantitative estimate of drug-likeness (QED) is 0.916. The van der Waals surface area contributed by atoms with Crippen molar-refractivity contribution < 1.29 is 13.2 Å². The minimum atomic E-state index is -4.48. The van der Waals surface area contributed by atoms with E-state index in [0.717, 1.165) is 17.8 Å². The summed E-state index contributed by atoms with van der Waals surface area (Å²) in [5.41, 5.74) is 1.15. The van der Waals surface area contributed by atoms with E-state index in [2.05, 4.69) is 15.3 Å². The van der Waals surface area contributed by atoms with Crippen LogP contribution in [-0.2, 0) is 6.18 Å². The zero-order valence-electron chi connectivity index (χ0n) is 11.3. The fourth-order valence-electron chi connectivity index (χ4n) is 1.84. The molecule has 0 aliphatic rings. The molecule has 0 amide bonds. The highest BCUT2D eigenvalue weighted by Crippen LogP contribution is 2.28. The summed E-state index contributed by atoms with van der Waals surface area (Å²) >= 11 is 0. The summed E-state index contributed by atoms with van der Waals surface area (Å²) in [6.07, 6.45) is -3.42. The number of pyridine rings is 2. The summed E-state index contributed by atoms with van der Waals surface area (Å²) in [7, 11) is 0. The molecule has 108 valence electrons. The molecule has 0 fully saturated rings. The smallest absolute Gasteiger partial charge is 0.338 e. The van der Waals surface area contributed by atoms with Gasteiger partial charge in [-0.25, -0.2) is 9.97 Å². The van der Waals surface area contributed by atoms with E-state index in [1.807, 2.05) is 6.07 Å². The molecule has 0 unspecified atom stereocenters. The first-order chi connectivity index (χ1) is 9.81. The first-order valence-electron chi connectivity index (χ1n) is 6.00. The summed E-state index contributed by atoms with van der Waals surface area (Å²) in [6.45, 7) is 3.54. The van der Waals surface area contributed by atoms with Crippen molar-refractivity contribution in [2.75, 3.05) is 5.32 Å². The number of nitrogens with zero attached hydrogens (tertiary/aromatic N) is 3. The Morgan fingerprint density at radius 2 is 1.95 bits per heavy atom. The van der Waals surface area contributed by atoms with E-state index in [0.29, 0.717) is 22.8 Å². The van der Waals surface area contributed by atoms with Gasteiger partial charge < -0.3 is 5.32 Å². The van der Waals surface area contributed by atoms with Gasteiger partial charge in [0.25, 0.3) is 0 Å². The maximum absolute atomic E-state index is 12.4. The van der Waals surface area contributed by atoms with Crippen molar-refractivity contribution in [2.45, 2.75) is 20.0 Å². The summed E-state index contributed by atoms with van der Waals surface area (Å²) in [5, 5.41) is 11.9. The van der Waals surface area contributed by atoms with Crippen LogP contribution in [0.2, 0.25) is 0 Å². The first-order valence-corrected chi connectivity index (χ1v) is 6.00. The van der Waals surface area contributed by atoms with E-state index in [1.54, 1.807) is 19.9 Å². The summed E-state index contributed by atoms with van der Waals surface area (Å²) < 4.78 is 37.3. The average molecular weight is 292 g/mol. The molecule has 0 aliphatic carbocycles. The lowest BCUT2D eigenvalue weighted by atomic mass is 10.1. The van der Waals surface area contributed by atoms with Gasteiger partial charge in [0.2, 0.25) is 0 Å². The molecular weight excluding hydrogens is 281 g/mol. The number of anilines is 2. The van der Waals surface area contributed by atoms with Crippen LogP contribution in [0.4, 0.5) is 24.7 Å². The molecule has 0 atom stereocenters. The summed E-state index contributed by atoms with van der Waals surface area (Å²) in [4.78, 5) is 7.54. The van der Waals surface area contributed by atoms with Gasteiger partial charge in [-0.2, -0.15) is 18.4 Å². The normalized spacial score (nSPS) is 11.0. The van der Waals surface area contributed by atoms with Gasteiger partial charge in [0, 0.05) is 5.69 Å². The maximum atomic E-state index is 12.4. The Morgan fingerprint density at radius 1 is 1.24 bits per heavy atom. The maximum Gasteiger partial charge on any atom is 0.433 e. The number of aryl methyl sites for hydroxylation is 2. The Bertz CT molecular complexity index is 700. The van der Waals surface area contributed by atoms with Crippen LogP contribution in [0.15, 0.2) is 24.4 Å². The molecule has 0 aromatic carbocycles. The molecule has 2 aromatic heterocycles.